The molecule has 186 valence electrons. The lowest BCUT2D eigenvalue weighted by Gasteiger charge is -2.27. The number of nitrogens with one attached hydrogen (secondary N) is 2. The summed E-state index contributed by atoms with van der Waals surface area (Å²) in [5.41, 5.74) is 2.11. The average molecular weight is 518 g/mol. The lowest BCUT2D eigenvalue weighted by atomic mass is 10.0. The molecule has 3 aromatic rings. The van der Waals surface area contributed by atoms with E-state index in [4.69, 9.17) is 9.26 Å². The highest BCUT2D eigenvalue weighted by atomic mass is 32.2. The number of nitrogens with zero attached hydrogens (tertiary/aromatic N) is 2. The van der Waals surface area contributed by atoms with Crippen LogP contribution in [0.4, 0.5) is 5.00 Å². The molecule has 4 rings (SSSR count). The van der Waals surface area contributed by atoms with Crippen LogP contribution in [0.1, 0.15) is 46.6 Å². The number of thiophene rings is 1. The van der Waals surface area contributed by atoms with E-state index < -0.39 is 16.8 Å². The number of aromatic amines is 1. The number of aryl methyl sites for hydroxylation is 1. The zero-order valence-electron chi connectivity index (χ0n) is 20.0. The fraction of sp³-hybridized carbons (Fsp3) is 0.417. The highest BCUT2D eigenvalue weighted by Gasteiger charge is 2.32. The van der Waals surface area contributed by atoms with Crippen molar-refractivity contribution in [3.8, 4) is 0 Å². The van der Waals surface area contributed by atoms with Gasteiger partial charge in [0, 0.05) is 24.5 Å². The molecule has 0 saturated heterocycles. The van der Waals surface area contributed by atoms with Crippen LogP contribution in [0.15, 0.2) is 44.7 Å². The van der Waals surface area contributed by atoms with Gasteiger partial charge < -0.3 is 10.1 Å². The van der Waals surface area contributed by atoms with Gasteiger partial charge in [0.1, 0.15) is 5.00 Å². The predicted molar refractivity (Wildman–Crippen MR) is 134 cm³/mol. The minimum absolute atomic E-state index is 0.254. The van der Waals surface area contributed by atoms with Gasteiger partial charge in [0.15, 0.2) is 7.05 Å². The van der Waals surface area contributed by atoms with Crippen LogP contribution < -0.4 is 15.6 Å². The van der Waals surface area contributed by atoms with Gasteiger partial charge in [-0.3, -0.25) is 14.2 Å². The first kappa shape index (κ1) is 25.2. The Balaban J connectivity index is 1.56. The van der Waals surface area contributed by atoms with E-state index in [2.05, 4.69) is 27.6 Å². The van der Waals surface area contributed by atoms with Crippen LogP contribution in [0.25, 0.3) is 0 Å². The number of aromatic nitrogens is 2. The zero-order valence-corrected chi connectivity index (χ0v) is 21.6. The highest BCUT2D eigenvalue weighted by molar-refractivity contribution is 8.00. The van der Waals surface area contributed by atoms with Crippen LogP contribution >= 0.6 is 23.1 Å². The van der Waals surface area contributed by atoms with Crippen LogP contribution in [0.5, 0.6) is 0 Å². The van der Waals surface area contributed by atoms with Crippen LogP contribution in [-0.4, -0.2) is 40.4 Å². The van der Waals surface area contributed by atoms with Crippen molar-refractivity contribution in [2.24, 2.45) is 7.05 Å². The predicted octanol–water partition coefficient (Wildman–Crippen LogP) is 3.10. The van der Waals surface area contributed by atoms with E-state index in [1.165, 1.54) is 21.6 Å². The van der Waals surface area contributed by atoms with Gasteiger partial charge in [-0.15, -0.1) is 11.3 Å². The average Bonchev–Trinajstić information content (AvgIpc) is 3.36. The second kappa shape index (κ2) is 11.2. The summed E-state index contributed by atoms with van der Waals surface area (Å²) in [5.74, 6) is -0.696. The third kappa shape index (κ3) is 5.68. The Bertz CT molecular complexity index is 1250. The number of hydrogen-bond acceptors (Lipinski definition) is 8. The normalized spacial score (nSPS) is 14.4. The molecule has 3 heterocycles. The molecule has 11 heteroatoms. The van der Waals surface area contributed by atoms with E-state index in [1.807, 2.05) is 25.1 Å². The van der Waals surface area contributed by atoms with Gasteiger partial charge in [-0.05, 0) is 47.9 Å². The van der Waals surface area contributed by atoms with E-state index in [1.54, 1.807) is 14.0 Å². The summed E-state index contributed by atoms with van der Waals surface area (Å²) in [7, 11) is 1.64. The molecule has 35 heavy (non-hydrogen) atoms. The van der Waals surface area contributed by atoms with Crippen molar-refractivity contribution in [2.45, 2.75) is 50.1 Å². The minimum Gasteiger partial charge on any atom is -0.462 e. The summed E-state index contributed by atoms with van der Waals surface area (Å²) < 4.78 is 11.6. The number of fused-ring (bicyclic) bond motifs is 1. The van der Waals surface area contributed by atoms with E-state index in [9.17, 15) is 14.4 Å². The molecule has 1 aromatic carbocycles. The van der Waals surface area contributed by atoms with Crippen molar-refractivity contribution < 1.29 is 23.5 Å². The standard InChI is InChI=1S/C24H28N4O5S2/c1-4-17(35-22-24(31)33-26-27(22)3)20(29)25-21-19(23(30)32-5-2)16-11-12-28(14-18(16)34-21)13-15-9-7-6-8-10-15/h6-10,17H,4-5,11-14H2,1-3H3,(H-,25,26,29,30,31)/p+1. The number of hydrogen-bond donors (Lipinski definition) is 2. The Labute approximate surface area is 211 Å². The molecular formula is C24H29N4O5S2+. The number of rotatable bonds is 9. The molecule has 0 aliphatic carbocycles. The van der Waals surface area contributed by atoms with Crippen molar-refractivity contribution in [1.29, 1.82) is 0 Å². The first-order valence-electron chi connectivity index (χ1n) is 11.5. The SMILES string of the molecule is CCOC(=O)c1c(NC(=O)C(CC)Sc2c(=O)o[nH][n+]2C)sc2c1CCN(Cc1ccccc1)C2. The maximum absolute atomic E-state index is 13.2. The molecule has 2 aromatic heterocycles. The fourth-order valence-electron chi connectivity index (χ4n) is 4.05. The maximum Gasteiger partial charge on any atom is 0.441 e. The Morgan fingerprint density at radius 2 is 2.09 bits per heavy atom. The third-order valence-corrected chi connectivity index (χ3v) is 8.40. The molecule has 0 radical (unpaired) electrons. The number of ether oxygens (including phenoxy) is 1. The number of esters is 1. The van der Waals surface area contributed by atoms with Gasteiger partial charge in [-0.2, -0.15) is 0 Å². The maximum atomic E-state index is 13.2. The second-order valence-electron chi connectivity index (χ2n) is 8.22. The van der Waals surface area contributed by atoms with Crippen LogP contribution in [0.2, 0.25) is 0 Å². The van der Waals surface area contributed by atoms with Gasteiger partial charge >= 0.3 is 16.6 Å². The van der Waals surface area contributed by atoms with Gasteiger partial charge in [0.05, 0.1) is 17.4 Å². The monoisotopic (exact) mass is 517 g/mol. The Kier molecular flexibility index (Phi) is 8.09. The third-order valence-electron chi connectivity index (χ3n) is 5.77. The largest absolute Gasteiger partial charge is 0.462 e. The first-order valence-corrected chi connectivity index (χ1v) is 13.2. The first-order chi connectivity index (χ1) is 16.9. The van der Waals surface area contributed by atoms with Crippen molar-refractivity contribution in [2.75, 3.05) is 18.5 Å². The second-order valence-corrected chi connectivity index (χ2v) is 10.5. The summed E-state index contributed by atoms with van der Waals surface area (Å²) in [6.07, 6.45) is 1.20. The number of thioether (sulfide) groups is 1. The number of benzene rings is 1. The van der Waals surface area contributed by atoms with Crippen LogP contribution in [-0.2, 0) is 36.1 Å². The van der Waals surface area contributed by atoms with Crippen molar-refractivity contribution in [1.82, 2.24) is 10.2 Å². The van der Waals surface area contributed by atoms with Crippen LogP contribution in [0.3, 0.4) is 0 Å². The molecule has 9 nitrogen and oxygen atoms in total. The molecule has 0 saturated carbocycles. The van der Waals surface area contributed by atoms with E-state index >= 15 is 0 Å². The molecule has 0 bridgehead atoms. The van der Waals surface area contributed by atoms with Crippen molar-refractivity contribution in [3.63, 3.8) is 0 Å². The Morgan fingerprint density at radius 1 is 1.31 bits per heavy atom. The van der Waals surface area contributed by atoms with Gasteiger partial charge in [-0.25, -0.2) is 9.59 Å². The van der Waals surface area contributed by atoms with Gasteiger partial charge in [0.25, 0.3) is 0 Å². The smallest absolute Gasteiger partial charge is 0.441 e. The summed E-state index contributed by atoms with van der Waals surface area (Å²) in [5, 5.41) is 5.69. The number of amides is 1. The van der Waals surface area contributed by atoms with Crippen molar-refractivity contribution >= 4 is 40.0 Å². The number of carbonyl (C=O) groups is 2. The molecular weight excluding hydrogens is 488 g/mol. The van der Waals surface area contributed by atoms with E-state index in [-0.39, 0.29) is 12.5 Å². The lowest BCUT2D eigenvalue weighted by molar-refractivity contribution is -0.772. The summed E-state index contributed by atoms with van der Waals surface area (Å²) in [4.78, 5) is 41.4. The number of H-pyrrole nitrogens is 1. The van der Waals surface area contributed by atoms with Gasteiger partial charge in [0.2, 0.25) is 5.91 Å². The minimum atomic E-state index is -0.538. The Morgan fingerprint density at radius 3 is 2.74 bits per heavy atom. The molecule has 1 amide bonds. The van der Waals surface area contributed by atoms with Crippen molar-refractivity contribution in [3.05, 3.63) is 62.3 Å². The lowest BCUT2D eigenvalue weighted by Crippen LogP contribution is -2.35. The topological polar surface area (TPSA) is 109 Å². The quantitative estimate of drug-likeness (QED) is 0.255. The summed E-state index contributed by atoms with van der Waals surface area (Å²) >= 11 is 2.56. The van der Waals surface area contributed by atoms with Gasteiger partial charge in [-0.1, -0.05) is 41.9 Å². The number of carbonyl (C=O) groups excluding carboxylic acids is 2. The Hall–Kier alpha value is -2.89. The molecule has 0 spiro atoms. The van der Waals surface area contributed by atoms with E-state index in [0.29, 0.717) is 35.0 Å². The molecule has 1 atom stereocenters. The summed E-state index contributed by atoms with van der Waals surface area (Å²) in [6.45, 7) is 6.22. The summed E-state index contributed by atoms with van der Waals surface area (Å²) in [6, 6.07) is 10.3. The fourth-order valence-corrected chi connectivity index (χ4v) is 6.27. The van der Waals surface area contributed by atoms with Crippen LogP contribution in [0, 0.1) is 0 Å². The molecule has 1 aliphatic heterocycles. The highest BCUT2D eigenvalue weighted by Crippen LogP contribution is 2.38. The molecule has 1 unspecified atom stereocenters. The zero-order chi connectivity index (χ0) is 24.9. The molecule has 1 aliphatic rings. The molecule has 0 fully saturated rings. The van der Waals surface area contributed by atoms with E-state index in [0.717, 1.165) is 35.3 Å². The molecule has 2 N–H and O–H groups in total. The number of anilines is 1.